The number of halogens is 4. The van der Waals surface area contributed by atoms with Crippen LogP contribution in [0.2, 0.25) is 5.02 Å². The predicted octanol–water partition coefficient (Wildman–Crippen LogP) is 5.41. The highest BCUT2D eigenvalue weighted by molar-refractivity contribution is 6.30. The number of pyridine rings is 1. The number of hydrogen-bond acceptors (Lipinski definition) is 3. The van der Waals surface area contributed by atoms with Crippen molar-refractivity contribution < 1.29 is 22.7 Å². The number of rotatable bonds is 4. The Balaban J connectivity index is 1.98. The fourth-order valence-electron chi connectivity index (χ4n) is 4.14. The lowest BCUT2D eigenvalue weighted by atomic mass is 9.90. The van der Waals surface area contributed by atoms with Crippen LogP contribution in [-0.2, 0) is 22.8 Å². The Hall–Kier alpha value is -3.10. The van der Waals surface area contributed by atoms with Gasteiger partial charge in [-0.15, -0.1) is 0 Å². The zero-order valence-electron chi connectivity index (χ0n) is 18.4. The van der Waals surface area contributed by atoms with Crippen molar-refractivity contribution in [3.05, 3.63) is 92.4 Å². The SMILES string of the molecule is CCNC(=O)CC1OC(c2ccc(Cl)cc2)c2cc(C(F)(F)F)ccc2-c2cn(C)c(=O)cc21. The molecule has 34 heavy (non-hydrogen) atoms. The lowest BCUT2D eigenvalue weighted by Crippen LogP contribution is -2.26. The van der Waals surface area contributed by atoms with E-state index >= 15 is 0 Å². The third kappa shape index (κ3) is 4.74. The fraction of sp³-hybridized carbons (Fsp3) is 0.280. The lowest BCUT2D eigenvalue weighted by molar-refractivity contribution is -0.137. The van der Waals surface area contributed by atoms with Crippen molar-refractivity contribution in [2.75, 3.05) is 6.54 Å². The first kappa shape index (κ1) is 24.0. The number of nitrogens with one attached hydrogen (secondary N) is 1. The molecule has 1 N–H and O–H groups in total. The maximum absolute atomic E-state index is 13.6. The number of alkyl halides is 3. The van der Waals surface area contributed by atoms with Crippen LogP contribution in [0.15, 0.2) is 59.5 Å². The maximum atomic E-state index is 13.6. The summed E-state index contributed by atoms with van der Waals surface area (Å²) in [5.41, 5.74) is 1.21. The minimum atomic E-state index is -4.56. The van der Waals surface area contributed by atoms with Crippen molar-refractivity contribution in [2.24, 2.45) is 7.05 Å². The van der Waals surface area contributed by atoms with Crippen molar-refractivity contribution in [3.8, 4) is 11.1 Å². The number of aromatic nitrogens is 1. The molecule has 178 valence electrons. The predicted molar refractivity (Wildman–Crippen MR) is 123 cm³/mol. The van der Waals surface area contributed by atoms with Crippen LogP contribution < -0.4 is 10.9 Å². The van der Waals surface area contributed by atoms with Gasteiger partial charge in [0.25, 0.3) is 5.56 Å². The van der Waals surface area contributed by atoms with Gasteiger partial charge in [-0.25, -0.2) is 0 Å². The number of hydrogen-bond donors (Lipinski definition) is 1. The van der Waals surface area contributed by atoms with Crippen LogP contribution in [0.4, 0.5) is 13.2 Å². The molecule has 2 atom stereocenters. The summed E-state index contributed by atoms with van der Waals surface area (Å²) in [4.78, 5) is 25.0. The molecule has 0 bridgehead atoms. The molecule has 1 amide bonds. The molecule has 1 aromatic heterocycles. The van der Waals surface area contributed by atoms with Gasteiger partial charge in [0.05, 0.1) is 18.1 Å². The Morgan fingerprint density at radius 3 is 2.44 bits per heavy atom. The van der Waals surface area contributed by atoms with Gasteiger partial charge >= 0.3 is 6.18 Å². The topological polar surface area (TPSA) is 60.3 Å². The highest BCUT2D eigenvalue weighted by Crippen LogP contribution is 2.46. The minimum absolute atomic E-state index is 0.0990. The first-order valence-electron chi connectivity index (χ1n) is 10.7. The Labute approximate surface area is 199 Å². The smallest absolute Gasteiger partial charge is 0.360 e. The summed E-state index contributed by atoms with van der Waals surface area (Å²) in [5, 5.41) is 3.18. The third-order valence-corrected chi connectivity index (χ3v) is 6.03. The van der Waals surface area contributed by atoms with Crippen LogP contribution in [0, 0.1) is 0 Å². The quantitative estimate of drug-likeness (QED) is 0.532. The number of benzene rings is 2. The van der Waals surface area contributed by atoms with Gasteiger partial charge < -0.3 is 14.6 Å². The van der Waals surface area contributed by atoms with E-state index in [1.807, 2.05) is 0 Å². The zero-order valence-corrected chi connectivity index (χ0v) is 19.2. The molecule has 9 heteroatoms. The zero-order chi connectivity index (χ0) is 24.6. The van der Waals surface area contributed by atoms with E-state index in [0.29, 0.717) is 33.8 Å². The number of nitrogens with zero attached hydrogens (tertiary/aromatic N) is 1. The maximum Gasteiger partial charge on any atom is 0.416 e. The summed E-state index contributed by atoms with van der Waals surface area (Å²) in [6.45, 7) is 2.19. The number of ether oxygens (including phenoxy) is 1. The normalized spacial score (nSPS) is 17.5. The van der Waals surface area contributed by atoms with Crippen molar-refractivity contribution in [1.82, 2.24) is 9.88 Å². The summed E-state index contributed by atoms with van der Waals surface area (Å²) in [6, 6.07) is 11.5. The monoisotopic (exact) mass is 490 g/mol. The minimum Gasteiger partial charge on any atom is -0.360 e. The molecule has 0 saturated carbocycles. The van der Waals surface area contributed by atoms with Crippen LogP contribution in [0.1, 0.15) is 47.8 Å². The molecule has 5 nitrogen and oxygen atoms in total. The van der Waals surface area contributed by atoms with Gasteiger partial charge in [0.2, 0.25) is 5.91 Å². The third-order valence-electron chi connectivity index (χ3n) is 5.78. The van der Waals surface area contributed by atoms with Crippen molar-refractivity contribution in [2.45, 2.75) is 31.7 Å². The van der Waals surface area contributed by atoms with Crippen LogP contribution in [0.25, 0.3) is 11.1 Å². The molecule has 0 saturated heterocycles. The van der Waals surface area contributed by atoms with Crippen molar-refractivity contribution in [3.63, 3.8) is 0 Å². The summed E-state index contributed by atoms with van der Waals surface area (Å²) in [6.07, 6.45) is -4.88. The van der Waals surface area contributed by atoms with Gasteiger partial charge in [0.1, 0.15) is 6.10 Å². The number of amides is 1. The van der Waals surface area contributed by atoms with E-state index < -0.39 is 23.9 Å². The second kappa shape index (κ2) is 9.27. The van der Waals surface area contributed by atoms with E-state index in [-0.39, 0.29) is 23.5 Å². The van der Waals surface area contributed by atoms with Crippen LogP contribution in [0.3, 0.4) is 0 Å². The molecule has 3 aromatic rings. The summed E-state index contributed by atoms with van der Waals surface area (Å²) in [5.74, 6) is -0.295. The summed E-state index contributed by atoms with van der Waals surface area (Å²) < 4.78 is 48.6. The Morgan fingerprint density at radius 2 is 1.79 bits per heavy atom. The molecule has 0 radical (unpaired) electrons. The molecule has 1 aliphatic rings. The Bertz CT molecular complexity index is 1290. The van der Waals surface area contributed by atoms with Gasteiger partial charge in [-0.2, -0.15) is 13.2 Å². The summed E-state index contributed by atoms with van der Waals surface area (Å²) >= 11 is 6.03. The average molecular weight is 491 g/mol. The fourth-order valence-corrected chi connectivity index (χ4v) is 4.27. The van der Waals surface area contributed by atoms with Crippen LogP contribution in [0.5, 0.6) is 0 Å². The van der Waals surface area contributed by atoms with Crippen molar-refractivity contribution in [1.29, 1.82) is 0 Å². The first-order chi connectivity index (χ1) is 16.1. The highest BCUT2D eigenvalue weighted by Gasteiger charge is 2.36. The number of carbonyl (C=O) groups is 1. The molecule has 0 spiro atoms. The van der Waals surface area contributed by atoms with E-state index in [2.05, 4.69) is 5.32 Å². The second-order valence-electron chi connectivity index (χ2n) is 8.11. The van der Waals surface area contributed by atoms with E-state index in [9.17, 15) is 22.8 Å². The average Bonchev–Trinajstić information content (AvgIpc) is 2.89. The summed E-state index contributed by atoms with van der Waals surface area (Å²) in [7, 11) is 1.56. The second-order valence-corrected chi connectivity index (χ2v) is 8.54. The number of carbonyl (C=O) groups excluding carboxylic acids is 1. The molecular weight excluding hydrogens is 469 g/mol. The highest BCUT2D eigenvalue weighted by atomic mass is 35.5. The Kier molecular flexibility index (Phi) is 6.55. The van der Waals surface area contributed by atoms with Gasteiger partial charge in [-0.1, -0.05) is 29.8 Å². The molecule has 2 heterocycles. The largest absolute Gasteiger partial charge is 0.416 e. The molecule has 2 aromatic carbocycles. The van der Waals surface area contributed by atoms with E-state index in [1.54, 1.807) is 44.4 Å². The molecule has 0 aliphatic carbocycles. The number of aryl methyl sites for hydroxylation is 1. The molecular formula is C25H22ClF3N2O3. The molecule has 2 unspecified atom stereocenters. The number of fused-ring (bicyclic) bond motifs is 3. The first-order valence-corrected chi connectivity index (χ1v) is 11.1. The van der Waals surface area contributed by atoms with E-state index in [0.717, 1.165) is 12.1 Å². The van der Waals surface area contributed by atoms with Gasteiger partial charge in [-0.3, -0.25) is 9.59 Å². The Morgan fingerprint density at radius 1 is 1.09 bits per heavy atom. The van der Waals surface area contributed by atoms with Gasteiger partial charge in [0.15, 0.2) is 0 Å². The van der Waals surface area contributed by atoms with Gasteiger partial charge in [-0.05, 0) is 53.4 Å². The molecule has 1 aliphatic heterocycles. The van der Waals surface area contributed by atoms with Crippen LogP contribution in [-0.4, -0.2) is 17.0 Å². The van der Waals surface area contributed by atoms with E-state index in [1.165, 1.54) is 16.7 Å². The molecule has 4 rings (SSSR count). The van der Waals surface area contributed by atoms with Crippen molar-refractivity contribution >= 4 is 17.5 Å². The van der Waals surface area contributed by atoms with E-state index in [4.69, 9.17) is 16.3 Å². The standard InChI is InChI=1S/C25H22ClF3N2O3/c1-3-30-22(32)12-21-18-11-23(33)31(2)13-20(18)17-9-6-15(25(27,28)29)10-19(17)24(34-21)14-4-7-16(26)8-5-14/h4-11,13,21,24H,3,12H2,1-2H3,(H,30,32). The van der Waals surface area contributed by atoms with Gasteiger partial charge in [0, 0.05) is 36.4 Å². The van der Waals surface area contributed by atoms with Crippen LogP contribution >= 0.6 is 11.6 Å². The lowest BCUT2D eigenvalue weighted by Gasteiger charge is -2.24. The molecule has 0 fully saturated rings.